The molecular formula is C32H28ClNO7. The van der Waals surface area contributed by atoms with Gasteiger partial charge in [-0.2, -0.15) is 0 Å². The third kappa shape index (κ3) is 3.95. The van der Waals surface area contributed by atoms with E-state index in [1.54, 1.807) is 31.2 Å². The van der Waals surface area contributed by atoms with Crippen molar-refractivity contribution in [1.29, 1.82) is 0 Å². The normalized spacial score (nSPS) is 25.4. The molecule has 1 heterocycles. The maximum atomic E-state index is 14.0. The molecule has 1 saturated heterocycles. The number of phenolic OH excluding ortho intramolecular Hbond substituents is 1. The van der Waals surface area contributed by atoms with E-state index in [0.29, 0.717) is 38.7 Å². The van der Waals surface area contributed by atoms with Crippen molar-refractivity contribution in [3.05, 3.63) is 80.9 Å². The Morgan fingerprint density at radius 3 is 2.41 bits per heavy atom. The molecular weight excluding hydrogens is 546 g/mol. The summed E-state index contributed by atoms with van der Waals surface area (Å²) in [6.45, 7) is 3.43. The van der Waals surface area contributed by atoms with E-state index in [-0.39, 0.29) is 53.3 Å². The van der Waals surface area contributed by atoms with Crippen LogP contribution in [0.5, 0.6) is 17.2 Å². The molecule has 8 nitrogen and oxygen atoms in total. The number of anilines is 1. The maximum Gasteiger partial charge on any atom is 0.238 e. The number of methoxy groups -OCH3 is 2. The number of allylic oxidation sites excluding steroid dienone is 6. The van der Waals surface area contributed by atoms with Gasteiger partial charge in [0.1, 0.15) is 17.2 Å². The molecule has 0 spiro atoms. The number of ketones is 2. The Labute approximate surface area is 241 Å². The van der Waals surface area contributed by atoms with E-state index in [1.165, 1.54) is 31.3 Å². The molecule has 0 radical (unpaired) electrons. The minimum absolute atomic E-state index is 0.133. The molecule has 0 aromatic heterocycles. The van der Waals surface area contributed by atoms with Gasteiger partial charge in [-0.1, -0.05) is 29.3 Å². The third-order valence-corrected chi connectivity index (χ3v) is 9.22. The van der Waals surface area contributed by atoms with Crippen LogP contribution in [0.3, 0.4) is 0 Å². The predicted octanol–water partition coefficient (Wildman–Crippen LogP) is 5.01. The molecule has 41 heavy (non-hydrogen) atoms. The van der Waals surface area contributed by atoms with Gasteiger partial charge in [0.15, 0.2) is 11.6 Å². The Morgan fingerprint density at radius 1 is 0.976 bits per heavy atom. The minimum atomic E-state index is -0.851. The Bertz CT molecular complexity index is 1670. The second kappa shape index (κ2) is 9.73. The molecule has 0 saturated carbocycles. The zero-order chi connectivity index (χ0) is 29.3. The van der Waals surface area contributed by atoms with E-state index in [4.69, 9.17) is 21.1 Å². The number of imide groups is 1. The number of fused-ring (bicyclic) bond motifs is 3. The SMILES string of the molecule is COc1cc(O)c([C@H]2C3=CC[C@@H]4C(=O)N(c5ccc(C)c(Cl)c5)C(=O)[C@@H]4[C@@H]3CC3=C2C(=O)C(C)=CC3=O)c(OC)c1. The molecule has 2 aromatic carbocycles. The summed E-state index contributed by atoms with van der Waals surface area (Å²) in [5.41, 5.74) is 3.11. The second-order valence-electron chi connectivity index (χ2n) is 10.9. The lowest BCUT2D eigenvalue weighted by atomic mass is 9.59. The van der Waals surface area contributed by atoms with E-state index in [1.807, 2.05) is 13.0 Å². The Hall–Kier alpha value is -4.17. The Kier molecular flexibility index (Phi) is 6.41. The van der Waals surface area contributed by atoms with Gasteiger partial charge in [-0.05, 0) is 56.4 Å². The summed E-state index contributed by atoms with van der Waals surface area (Å²) < 4.78 is 11.0. The zero-order valence-electron chi connectivity index (χ0n) is 23.0. The molecule has 2 amide bonds. The van der Waals surface area contributed by atoms with E-state index in [0.717, 1.165) is 5.56 Å². The first kappa shape index (κ1) is 27.0. The number of hydrogen-bond acceptors (Lipinski definition) is 7. The van der Waals surface area contributed by atoms with Crippen LogP contribution in [0.2, 0.25) is 5.02 Å². The fraction of sp³-hybridized carbons (Fsp3) is 0.312. The van der Waals surface area contributed by atoms with Crippen molar-refractivity contribution >= 4 is 40.7 Å². The first-order valence-corrected chi connectivity index (χ1v) is 13.7. The largest absolute Gasteiger partial charge is 0.507 e. The topological polar surface area (TPSA) is 110 Å². The van der Waals surface area contributed by atoms with Crippen molar-refractivity contribution in [1.82, 2.24) is 0 Å². The predicted molar refractivity (Wildman–Crippen MR) is 151 cm³/mol. The van der Waals surface area contributed by atoms with Gasteiger partial charge in [0.25, 0.3) is 0 Å². The van der Waals surface area contributed by atoms with Crippen LogP contribution in [0, 0.1) is 24.7 Å². The van der Waals surface area contributed by atoms with Crippen molar-refractivity contribution < 1.29 is 33.8 Å². The number of ether oxygens (including phenoxy) is 2. The van der Waals surface area contributed by atoms with Crippen LogP contribution < -0.4 is 14.4 Å². The highest BCUT2D eigenvalue weighted by Gasteiger charge is 2.57. The van der Waals surface area contributed by atoms with E-state index in [9.17, 15) is 24.3 Å². The molecule has 0 bridgehead atoms. The molecule has 3 aliphatic carbocycles. The quantitative estimate of drug-likeness (QED) is 0.311. The number of halogens is 1. The molecule has 6 rings (SSSR count). The second-order valence-corrected chi connectivity index (χ2v) is 11.3. The summed E-state index contributed by atoms with van der Waals surface area (Å²) in [7, 11) is 2.91. The van der Waals surface area contributed by atoms with Crippen LogP contribution in [0.4, 0.5) is 5.69 Å². The van der Waals surface area contributed by atoms with Crippen molar-refractivity contribution in [3.63, 3.8) is 0 Å². The number of benzene rings is 2. The lowest BCUT2D eigenvalue weighted by molar-refractivity contribution is -0.123. The van der Waals surface area contributed by atoms with Crippen molar-refractivity contribution in [3.8, 4) is 17.2 Å². The molecule has 1 fully saturated rings. The number of amides is 2. The van der Waals surface area contributed by atoms with Gasteiger partial charge in [-0.3, -0.25) is 19.2 Å². The maximum absolute atomic E-state index is 14.0. The molecule has 0 unspecified atom stereocenters. The van der Waals surface area contributed by atoms with Gasteiger partial charge in [0.2, 0.25) is 11.8 Å². The summed E-state index contributed by atoms with van der Waals surface area (Å²) in [5.74, 6) is -3.61. The number of carbonyl (C=O) groups excluding carboxylic acids is 4. The summed E-state index contributed by atoms with van der Waals surface area (Å²) in [6, 6.07) is 8.11. The molecule has 4 atom stereocenters. The number of nitrogens with zero attached hydrogens (tertiary/aromatic N) is 1. The highest BCUT2D eigenvalue weighted by atomic mass is 35.5. The average molecular weight is 574 g/mol. The van der Waals surface area contributed by atoms with Gasteiger partial charge >= 0.3 is 0 Å². The standard InChI is InChI=1S/C32H28ClNO7/c1-14-5-6-16(10-22(14)33)34-31(38)19-8-7-18-20(26(19)32(34)39)13-21-23(35)9-15(2)30(37)28(21)27(18)29-24(36)11-17(40-3)12-25(29)41-4/h5-7,9-12,19-20,26-27,36H,8,13H2,1-4H3/t19-,20+,26-,27-/m0/s1. The van der Waals surface area contributed by atoms with Crippen LogP contribution in [-0.4, -0.2) is 42.7 Å². The van der Waals surface area contributed by atoms with Crippen molar-refractivity contribution in [2.24, 2.45) is 17.8 Å². The number of Topliss-reactive ketones (excluding diaryl/α,β-unsaturated/α-hetero) is 1. The molecule has 1 aliphatic heterocycles. The smallest absolute Gasteiger partial charge is 0.238 e. The molecule has 9 heteroatoms. The highest BCUT2D eigenvalue weighted by molar-refractivity contribution is 6.32. The van der Waals surface area contributed by atoms with Crippen LogP contribution in [0.25, 0.3) is 0 Å². The number of aryl methyl sites for hydroxylation is 1. The Morgan fingerprint density at radius 2 is 1.73 bits per heavy atom. The lowest BCUT2D eigenvalue weighted by Gasteiger charge is -2.42. The fourth-order valence-electron chi connectivity index (χ4n) is 6.83. The Balaban J connectivity index is 1.52. The van der Waals surface area contributed by atoms with Gasteiger partial charge in [-0.25, -0.2) is 4.90 Å². The number of aromatic hydroxyl groups is 1. The summed E-state index contributed by atoms with van der Waals surface area (Å²) >= 11 is 6.34. The summed E-state index contributed by atoms with van der Waals surface area (Å²) in [4.78, 5) is 55.9. The van der Waals surface area contributed by atoms with Gasteiger partial charge in [0.05, 0.1) is 31.7 Å². The summed E-state index contributed by atoms with van der Waals surface area (Å²) in [6.07, 6.45) is 3.62. The van der Waals surface area contributed by atoms with E-state index >= 15 is 0 Å². The summed E-state index contributed by atoms with van der Waals surface area (Å²) in [5, 5.41) is 11.7. The number of phenols is 1. The molecule has 2 aromatic rings. The van der Waals surface area contributed by atoms with Gasteiger partial charge < -0.3 is 14.6 Å². The molecule has 1 N–H and O–H groups in total. The number of hydrogen-bond donors (Lipinski definition) is 1. The number of carbonyl (C=O) groups is 4. The van der Waals surface area contributed by atoms with Crippen molar-refractivity contribution in [2.45, 2.75) is 32.6 Å². The van der Waals surface area contributed by atoms with Gasteiger partial charge in [0, 0.05) is 45.4 Å². The average Bonchev–Trinajstić information content (AvgIpc) is 3.21. The van der Waals surface area contributed by atoms with Crippen LogP contribution in [0.1, 0.15) is 36.8 Å². The first-order chi connectivity index (χ1) is 19.6. The monoisotopic (exact) mass is 573 g/mol. The fourth-order valence-corrected chi connectivity index (χ4v) is 7.01. The molecule has 210 valence electrons. The van der Waals surface area contributed by atoms with E-state index in [2.05, 4.69) is 0 Å². The number of rotatable bonds is 4. The van der Waals surface area contributed by atoms with Gasteiger partial charge in [-0.15, -0.1) is 0 Å². The highest BCUT2D eigenvalue weighted by Crippen LogP contribution is 2.58. The third-order valence-electron chi connectivity index (χ3n) is 8.82. The first-order valence-electron chi connectivity index (χ1n) is 13.4. The van der Waals surface area contributed by atoms with Crippen molar-refractivity contribution in [2.75, 3.05) is 19.1 Å². The van der Waals surface area contributed by atoms with E-state index < -0.39 is 23.7 Å². The zero-order valence-corrected chi connectivity index (χ0v) is 23.7. The van der Waals surface area contributed by atoms with Crippen LogP contribution in [0.15, 0.2) is 64.8 Å². The lowest BCUT2D eigenvalue weighted by Crippen LogP contribution is -2.40. The van der Waals surface area contributed by atoms with Crippen LogP contribution >= 0.6 is 11.6 Å². The van der Waals surface area contributed by atoms with Crippen LogP contribution in [-0.2, 0) is 19.2 Å². The minimum Gasteiger partial charge on any atom is -0.507 e. The molecule has 4 aliphatic rings.